The second-order valence-corrected chi connectivity index (χ2v) is 6.02. The third-order valence-electron chi connectivity index (χ3n) is 4.23. The van der Waals surface area contributed by atoms with E-state index >= 15 is 0 Å². The molecule has 4 heteroatoms. The summed E-state index contributed by atoms with van der Waals surface area (Å²) in [5, 5.41) is 30.0. The molecule has 0 aliphatic rings. The minimum Gasteiger partial charge on any atom is -0.508 e. The lowest BCUT2D eigenvalue weighted by molar-refractivity contribution is 0.475. The Bertz CT molecular complexity index is 977. The summed E-state index contributed by atoms with van der Waals surface area (Å²) < 4.78 is 0. The molecule has 0 aliphatic heterocycles. The third kappa shape index (κ3) is 9.32. The van der Waals surface area contributed by atoms with Crippen molar-refractivity contribution in [1.82, 2.24) is 0 Å². The van der Waals surface area contributed by atoms with Crippen LogP contribution in [0.2, 0.25) is 0 Å². The minimum absolute atomic E-state index is 0.266. The lowest BCUT2D eigenvalue weighted by Crippen LogP contribution is -2.11. The molecule has 0 atom stereocenters. The molecular formula is C29H42N2O2. The fraction of sp³-hybridized carbons (Fsp3) is 0.310. The number of nitrogens with one attached hydrogen (secondary N) is 2. The monoisotopic (exact) mass is 450 g/mol. The Morgan fingerprint density at radius 3 is 1.15 bits per heavy atom. The van der Waals surface area contributed by atoms with Crippen LogP contribution < -0.4 is 10.6 Å². The molecule has 0 aromatic heterocycles. The summed E-state index contributed by atoms with van der Waals surface area (Å²) in [4.78, 5) is 0. The molecule has 0 saturated heterocycles. The lowest BCUT2D eigenvalue weighted by atomic mass is 10.1. The van der Waals surface area contributed by atoms with Crippen molar-refractivity contribution in [3.05, 3.63) is 72.8 Å². The smallest absolute Gasteiger partial charge is 0.116 e. The zero-order valence-electron chi connectivity index (χ0n) is 21.5. The quantitative estimate of drug-likeness (QED) is 0.234. The molecular weight excluding hydrogens is 408 g/mol. The van der Waals surface area contributed by atoms with Crippen molar-refractivity contribution in [3.63, 3.8) is 0 Å². The van der Waals surface area contributed by atoms with Gasteiger partial charge in [0.05, 0.1) is 6.67 Å². The average molecular weight is 451 g/mol. The van der Waals surface area contributed by atoms with Crippen molar-refractivity contribution in [2.24, 2.45) is 0 Å². The van der Waals surface area contributed by atoms with Crippen molar-refractivity contribution in [1.29, 1.82) is 0 Å². The van der Waals surface area contributed by atoms with E-state index < -0.39 is 0 Å². The standard InChI is InChI=1S/C21H18N2O2.4C2H6/c24-20-7-3-14-1-5-18(9-16(14)11-20)22-13-23-19-6-2-15-4-8-21(25)12-17(15)10-19;4*1-2/h1-12,22-25H,13H2;4*1-2H3. The first-order valence-corrected chi connectivity index (χ1v) is 12.1. The molecule has 0 heterocycles. The minimum atomic E-state index is 0.266. The molecule has 4 aromatic carbocycles. The maximum Gasteiger partial charge on any atom is 0.116 e. The van der Waals surface area contributed by atoms with Crippen LogP contribution in [0.4, 0.5) is 11.4 Å². The summed E-state index contributed by atoms with van der Waals surface area (Å²) in [5.74, 6) is 0.532. The van der Waals surface area contributed by atoms with Crippen LogP contribution in [0, 0.1) is 0 Å². The highest BCUT2D eigenvalue weighted by atomic mass is 16.3. The Morgan fingerprint density at radius 2 is 0.788 bits per heavy atom. The van der Waals surface area contributed by atoms with E-state index in [0.717, 1.165) is 32.9 Å². The fourth-order valence-electron chi connectivity index (χ4n) is 2.94. The van der Waals surface area contributed by atoms with Crippen LogP contribution in [0.1, 0.15) is 55.4 Å². The molecule has 4 N–H and O–H groups in total. The number of phenols is 2. The third-order valence-corrected chi connectivity index (χ3v) is 4.23. The molecule has 0 bridgehead atoms. The zero-order valence-corrected chi connectivity index (χ0v) is 21.5. The number of hydrogen-bond donors (Lipinski definition) is 4. The molecule has 4 nitrogen and oxygen atoms in total. The van der Waals surface area contributed by atoms with Gasteiger partial charge in [-0.05, 0) is 70.1 Å². The van der Waals surface area contributed by atoms with Crippen molar-refractivity contribution in [2.75, 3.05) is 17.3 Å². The van der Waals surface area contributed by atoms with Crippen LogP contribution in [0.15, 0.2) is 72.8 Å². The fourth-order valence-corrected chi connectivity index (χ4v) is 2.94. The number of rotatable bonds is 4. The predicted octanol–water partition coefficient (Wildman–Crippen LogP) is 8.99. The molecule has 0 amide bonds. The Morgan fingerprint density at radius 1 is 0.455 bits per heavy atom. The Kier molecular flexibility index (Phi) is 15.4. The van der Waals surface area contributed by atoms with E-state index in [-0.39, 0.29) is 11.5 Å². The van der Waals surface area contributed by atoms with Gasteiger partial charge in [0, 0.05) is 11.4 Å². The number of hydrogen-bond acceptors (Lipinski definition) is 4. The van der Waals surface area contributed by atoms with Gasteiger partial charge >= 0.3 is 0 Å². The van der Waals surface area contributed by atoms with Gasteiger partial charge < -0.3 is 20.8 Å². The first-order valence-electron chi connectivity index (χ1n) is 12.1. The summed E-state index contributed by atoms with van der Waals surface area (Å²) in [5.41, 5.74) is 1.95. The van der Waals surface area contributed by atoms with Crippen molar-refractivity contribution < 1.29 is 10.2 Å². The van der Waals surface area contributed by atoms with Crippen molar-refractivity contribution >= 4 is 32.9 Å². The molecule has 0 radical (unpaired) electrons. The normalized spacial score (nSPS) is 8.97. The molecule has 180 valence electrons. The Balaban J connectivity index is 0.00000116. The summed E-state index contributed by atoms with van der Waals surface area (Å²) in [7, 11) is 0. The molecule has 0 unspecified atom stereocenters. The van der Waals surface area contributed by atoms with E-state index in [1.165, 1.54) is 0 Å². The molecule has 0 fully saturated rings. The summed E-state index contributed by atoms with van der Waals surface area (Å²) in [6, 6.07) is 22.8. The van der Waals surface area contributed by atoms with Gasteiger partial charge in [-0.3, -0.25) is 0 Å². The van der Waals surface area contributed by atoms with Crippen LogP contribution >= 0.6 is 0 Å². The first-order chi connectivity index (χ1) is 16.2. The number of anilines is 2. The predicted molar refractivity (Wildman–Crippen MR) is 149 cm³/mol. The maximum atomic E-state index is 9.60. The van der Waals surface area contributed by atoms with Crippen LogP contribution in [-0.4, -0.2) is 16.9 Å². The van der Waals surface area contributed by atoms with Gasteiger partial charge in [0.15, 0.2) is 0 Å². The molecule has 4 rings (SSSR count). The summed E-state index contributed by atoms with van der Waals surface area (Å²) in [6.45, 7) is 16.6. The summed E-state index contributed by atoms with van der Waals surface area (Å²) in [6.07, 6.45) is 0. The van der Waals surface area contributed by atoms with Crippen molar-refractivity contribution in [3.8, 4) is 11.5 Å². The van der Waals surface area contributed by atoms with E-state index in [0.29, 0.717) is 6.67 Å². The highest BCUT2D eigenvalue weighted by Gasteiger charge is 2.00. The number of benzene rings is 4. The first kappa shape index (κ1) is 29.6. The van der Waals surface area contributed by atoms with Gasteiger partial charge in [0.2, 0.25) is 0 Å². The number of fused-ring (bicyclic) bond motifs is 2. The molecule has 4 aromatic rings. The van der Waals surface area contributed by atoms with Gasteiger partial charge in [-0.1, -0.05) is 79.7 Å². The van der Waals surface area contributed by atoms with Gasteiger partial charge in [-0.15, -0.1) is 0 Å². The molecule has 0 aliphatic carbocycles. The second kappa shape index (κ2) is 17.2. The highest BCUT2D eigenvalue weighted by molar-refractivity contribution is 5.88. The molecule has 33 heavy (non-hydrogen) atoms. The highest BCUT2D eigenvalue weighted by Crippen LogP contribution is 2.24. The van der Waals surface area contributed by atoms with Crippen molar-refractivity contribution in [2.45, 2.75) is 55.4 Å². The molecule has 0 spiro atoms. The van der Waals surface area contributed by atoms with Gasteiger partial charge in [-0.25, -0.2) is 0 Å². The second-order valence-electron chi connectivity index (χ2n) is 6.02. The topological polar surface area (TPSA) is 64.5 Å². The maximum absolute atomic E-state index is 9.60. The summed E-state index contributed by atoms with van der Waals surface area (Å²) >= 11 is 0. The van der Waals surface area contributed by atoms with Gasteiger partial charge in [0.1, 0.15) is 11.5 Å². The van der Waals surface area contributed by atoms with Gasteiger partial charge in [-0.2, -0.15) is 0 Å². The van der Waals surface area contributed by atoms with E-state index in [9.17, 15) is 10.2 Å². The SMILES string of the molecule is CC.CC.CC.CC.Oc1ccc2ccc(NCNc3ccc4ccc(O)cc4c3)cc2c1. The van der Waals surface area contributed by atoms with E-state index in [4.69, 9.17) is 0 Å². The zero-order chi connectivity index (χ0) is 25.2. The number of phenolic OH excluding ortho intramolecular Hbond substituents is 2. The molecule has 0 saturated carbocycles. The van der Waals surface area contributed by atoms with Gasteiger partial charge in [0.25, 0.3) is 0 Å². The largest absolute Gasteiger partial charge is 0.508 e. The Hall–Kier alpha value is -3.40. The van der Waals surface area contributed by atoms with Crippen LogP contribution in [0.25, 0.3) is 21.5 Å². The van der Waals surface area contributed by atoms with Crippen LogP contribution in [0.3, 0.4) is 0 Å². The van der Waals surface area contributed by atoms with E-state index in [2.05, 4.69) is 10.6 Å². The van der Waals surface area contributed by atoms with Crippen LogP contribution in [-0.2, 0) is 0 Å². The van der Waals surface area contributed by atoms with E-state index in [1.807, 2.05) is 104 Å². The van der Waals surface area contributed by atoms with E-state index in [1.54, 1.807) is 24.3 Å². The lowest BCUT2D eigenvalue weighted by Gasteiger charge is -2.11. The number of aromatic hydroxyl groups is 2. The average Bonchev–Trinajstić information content (AvgIpc) is 2.88. The Labute approximate surface area is 200 Å². The van der Waals surface area contributed by atoms with Crippen LogP contribution in [0.5, 0.6) is 11.5 Å².